The summed E-state index contributed by atoms with van der Waals surface area (Å²) >= 11 is 0. The van der Waals surface area contributed by atoms with E-state index < -0.39 is 35.3 Å². The molecule has 168 valence electrons. The minimum absolute atomic E-state index is 0.0142. The van der Waals surface area contributed by atoms with Gasteiger partial charge >= 0.3 is 5.97 Å². The van der Waals surface area contributed by atoms with Gasteiger partial charge in [0.05, 0.1) is 11.6 Å². The maximum absolute atomic E-state index is 13.7. The van der Waals surface area contributed by atoms with Crippen LogP contribution in [0.2, 0.25) is 0 Å². The summed E-state index contributed by atoms with van der Waals surface area (Å²) in [4.78, 5) is 27.6. The molecule has 0 aromatic heterocycles. The van der Waals surface area contributed by atoms with Crippen molar-refractivity contribution in [2.24, 2.45) is 11.7 Å². The van der Waals surface area contributed by atoms with E-state index in [0.29, 0.717) is 0 Å². The van der Waals surface area contributed by atoms with Crippen molar-refractivity contribution in [3.8, 4) is 0 Å². The maximum Gasteiger partial charge on any atom is 0.339 e. The zero-order valence-corrected chi connectivity index (χ0v) is 18.1. The molecule has 0 bridgehead atoms. The molecule has 0 aliphatic carbocycles. The monoisotopic (exact) mass is 441 g/mol. The van der Waals surface area contributed by atoms with Crippen LogP contribution < -0.4 is 11.1 Å². The highest BCUT2D eigenvalue weighted by Gasteiger charge is 2.44. The molecule has 4 rings (SSSR count). The molecule has 2 aliphatic rings. The van der Waals surface area contributed by atoms with Crippen LogP contribution in [0.3, 0.4) is 0 Å². The molecule has 0 saturated heterocycles. The third-order valence-electron chi connectivity index (χ3n) is 5.74. The van der Waals surface area contributed by atoms with Crippen molar-refractivity contribution in [3.63, 3.8) is 0 Å². The summed E-state index contributed by atoms with van der Waals surface area (Å²) in [5.74, 6) is -3.50. The Kier molecular flexibility index (Phi) is 5.50. The van der Waals surface area contributed by atoms with Gasteiger partial charge in [0.25, 0.3) is 5.91 Å². The Bertz CT molecular complexity index is 1110. The molecule has 0 saturated carbocycles. The Balaban J connectivity index is 1.76. The number of hydrogen-bond acceptors (Lipinski definition) is 5. The quantitative estimate of drug-likeness (QED) is 0.560. The van der Waals surface area contributed by atoms with Gasteiger partial charge in [0.15, 0.2) is 17.4 Å². The number of ether oxygens (including phenoxy) is 1. The Hall–Kier alpha value is -3.26. The van der Waals surface area contributed by atoms with Crippen LogP contribution >= 0.6 is 0 Å². The van der Waals surface area contributed by atoms with E-state index in [2.05, 4.69) is 5.32 Å². The van der Waals surface area contributed by atoms with Crippen molar-refractivity contribution in [1.29, 1.82) is 0 Å². The van der Waals surface area contributed by atoms with Crippen molar-refractivity contribution < 1.29 is 23.1 Å². The van der Waals surface area contributed by atoms with E-state index in [9.17, 15) is 18.4 Å². The van der Waals surface area contributed by atoms with Gasteiger partial charge in [-0.1, -0.05) is 25.1 Å². The molecule has 32 heavy (non-hydrogen) atoms. The number of nitrogens with two attached hydrogens (primary N) is 1. The lowest BCUT2D eigenvalue weighted by Crippen LogP contribution is -2.40. The Morgan fingerprint density at radius 2 is 1.88 bits per heavy atom. The average Bonchev–Trinajstić information content (AvgIpc) is 3.03. The minimum atomic E-state index is -1.22. The van der Waals surface area contributed by atoms with Gasteiger partial charge in [0, 0.05) is 29.9 Å². The van der Waals surface area contributed by atoms with Gasteiger partial charge in [0.2, 0.25) is 0 Å². The minimum Gasteiger partial charge on any atom is -0.441 e. The molecule has 3 N–H and O–H groups in total. The van der Waals surface area contributed by atoms with Gasteiger partial charge < -0.3 is 15.0 Å². The zero-order valence-electron chi connectivity index (χ0n) is 18.1. The fourth-order valence-electron chi connectivity index (χ4n) is 4.40. The molecule has 2 heterocycles. The third-order valence-corrected chi connectivity index (χ3v) is 5.74. The van der Waals surface area contributed by atoms with E-state index in [1.54, 1.807) is 13.8 Å². The van der Waals surface area contributed by atoms with Crippen LogP contribution in [0.4, 0.5) is 14.5 Å². The molecule has 2 aromatic carbocycles. The first-order chi connectivity index (χ1) is 15.0. The number of benzene rings is 2. The van der Waals surface area contributed by atoms with E-state index >= 15 is 0 Å². The van der Waals surface area contributed by atoms with E-state index in [1.165, 1.54) is 17.2 Å². The number of carbonyl (C=O) groups excluding carboxylic acids is 2. The number of esters is 1. The summed E-state index contributed by atoms with van der Waals surface area (Å²) in [5.41, 5.74) is 6.87. The number of anilines is 1. The summed E-state index contributed by atoms with van der Waals surface area (Å²) in [6.07, 6.45) is 1.44. The molecule has 2 aromatic rings. The molecule has 1 amide bonds. The van der Waals surface area contributed by atoms with Crippen LogP contribution in [0.1, 0.15) is 42.6 Å². The number of nitrogens with one attached hydrogen (secondary N) is 1. The first-order valence-electron chi connectivity index (χ1n) is 10.4. The molecule has 3 unspecified atom stereocenters. The number of amides is 1. The van der Waals surface area contributed by atoms with Gasteiger partial charge in [-0.25, -0.2) is 13.6 Å². The first-order valence-corrected chi connectivity index (χ1v) is 10.4. The highest BCUT2D eigenvalue weighted by atomic mass is 19.2. The molecular weight excluding hydrogens is 416 g/mol. The number of nitrogens with zero attached hydrogens (tertiary/aromatic N) is 1. The Morgan fingerprint density at radius 1 is 1.16 bits per heavy atom. The molecule has 3 atom stereocenters. The summed E-state index contributed by atoms with van der Waals surface area (Å²) in [6, 6.07) is 10.3. The predicted octanol–water partition coefficient (Wildman–Crippen LogP) is 3.76. The number of carbonyl (C=O) groups is 2. The topological polar surface area (TPSA) is 84.7 Å². The second kappa shape index (κ2) is 8.02. The number of halogens is 2. The maximum atomic E-state index is 13.7. The van der Waals surface area contributed by atoms with Gasteiger partial charge in [-0.05, 0) is 49.6 Å². The standard InChI is InChI=1S/C24H25F2N3O3/c1-13-11-29(22(30)14-8-9-17(25)18(26)10-14)12-16(23(31)32-24(2,3)27)21-20(13)15-6-4-5-7-19(15)28-21/h4-10,12-13,20-21,28H,11,27H2,1-3H3. The number of hydrogen-bond donors (Lipinski definition) is 2. The Labute approximate surface area is 185 Å². The Morgan fingerprint density at radius 3 is 2.56 bits per heavy atom. The molecule has 8 heteroatoms. The predicted molar refractivity (Wildman–Crippen MR) is 116 cm³/mol. The second-order valence-corrected chi connectivity index (χ2v) is 8.88. The zero-order chi connectivity index (χ0) is 23.2. The van der Waals surface area contributed by atoms with Crippen LogP contribution in [0.15, 0.2) is 54.2 Å². The van der Waals surface area contributed by atoms with Crippen LogP contribution in [0, 0.1) is 17.6 Å². The van der Waals surface area contributed by atoms with E-state index in [-0.39, 0.29) is 29.5 Å². The van der Waals surface area contributed by atoms with E-state index in [1.807, 2.05) is 31.2 Å². The summed E-state index contributed by atoms with van der Waals surface area (Å²) in [7, 11) is 0. The van der Waals surface area contributed by atoms with Crippen molar-refractivity contribution in [2.45, 2.75) is 38.5 Å². The molecular formula is C24H25F2N3O3. The van der Waals surface area contributed by atoms with Crippen molar-refractivity contribution in [3.05, 3.63) is 77.0 Å². The van der Waals surface area contributed by atoms with Crippen molar-refractivity contribution in [2.75, 3.05) is 11.9 Å². The largest absolute Gasteiger partial charge is 0.441 e. The molecule has 0 radical (unpaired) electrons. The lowest BCUT2D eigenvalue weighted by Gasteiger charge is -2.26. The summed E-state index contributed by atoms with van der Waals surface area (Å²) in [5, 5.41) is 3.38. The molecule has 6 nitrogen and oxygen atoms in total. The summed E-state index contributed by atoms with van der Waals surface area (Å²) in [6.45, 7) is 5.38. The third kappa shape index (κ3) is 4.10. The second-order valence-electron chi connectivity index (χ2n) is 8.88. The van der Waals surface area contributed by atoms with Crippen LogP contribution in [0.25, 0.3) is 0 Å². The number of fused-ring (bicyclic) bond motifs is 3. The normalized spacial score (nSPS) is 22.2. The van der Waals surface area contributed by atoms with Crippen LogP contribution in [0.5, 0.6) is 0 Å². The number of para-hydroxylation sites is 1. The van der Waals surface area contributed by atoms with Crippen molar-refractivity contribution in [1.82, 2.24) is 4.90 Å². The molecule has 0 spiro atoms. The average molecular weight is 441 g/mol. The molecule has 2 aliphatic heterocycles. The van der Waals surface area contributed by atoms with Gasteiger partial charge in [-0.15, -0.1) is 0 Å². The van der Waals surface area contributed by atoms with Gasteiger partial charge in [-0.2, -0.15) is 0 Å². The van der Waals surface area contributed by atoms with Crippen LogP contribution in [-0.2, 0) is 9.53 Å². The van der Waals surface area contributed by atoms with Crippen LogP contribution in [-0.4, -0.2) is 35.1 Å². The first kappa shape index (κ1) is 22.0. The van der Waals surface area contributed by atoms with Gasteiger partial charge in [0.1, 0.15) is 0 Å². The molecule has 0 fully saturated rings. The van der Waals surface area contributed by atoms with Gasteiger partial charge in [-0.3, -0.25) is 10.5 Å². The number of rotatable bonds is 3. The summed E-state index contributed by atoms with van der Waals surface area (Å²) < 4.78 is 32.5. The lowest BCUT2D eigenvalue weighted by atomic mass is 9.82. The van der Waals surface area contributed by atoms with Crippen molar-refractivity contribution >= 4 is 17.6 Å². The fraction of sp³-hybridized carbons (Fsp3) is 0.333. The lowest BCUT2D eigenvalue weighted by molar-refractivity contribution is -0.151. The highest BCUT2D eigenvalue weighted by molar-refractivity contribution is 5.97. The van der Waals surface area contributed by atoms with E-state index in [4.69, 9.17) is 10.5 Å². The van der Waals surface area contributed by atoms with E-state index in [0.717, 1.165) is 23.4 Å². The fourth-order valence-corrected chi connectivity index (χ4v) is 4.40. The smallest absolute Gasteiger partial charge is 0.339 e. The SMILES string of the molecule is CC1CN(C(=O)c2ccc(F)c(F)c2)C=C(C(=O)OC(C)(C)N)C2Nc3ccccc3C12. The highest BCUT2D eigenvalue weighted by Crippen LogP contribution is 2.45.